The molecule has 4 saturated carbocycles. The first-order valence-electron chi connectivity index (χ1n) is 16.7. The molecule has 2 N–H and O–H groups in total. The lowest BCUT2D eigenvalue weighted by atomic mass is 9.33. The first kappa shape index (κ1) is 31.6. The van der Waals surface area contributed by atoms with E-state index in [0.717, 1.165) is 64.2 Å². The van der Waals surface area contributed by atoms with E-state index < -0.39 is 17.4 Å². The molecule has 0 spiro atoms. The zero-order valence-electron chi connectivity index (χ0n) is 27.5. The van der Waals surface area contributed by atoms with Gasteiger partial charge in [-0.15, -0.1) is 0 Å². The third-order valence-electron chi connectivity index (χ3n) is 14.3. The van der Waals surface area contributed by atoms with Crippen LogP contribution in [0.1, 0.15) is 132 Å². The molecule has 236 valence electrons. The number of allylic oxidation sites excluding steroid dienone is 2. The fraction of sp³-hybridized carbons (Fsp3) is 0.861. The van der Waals surface area contributed by atoms with Gasteiger partial charge in [-0.1, -0.05) is 67.0 Å². The van der Waals surface area contributed by atoms with E-state index in [-0.39, 0.29) is 63.8 Å². The number of aliphatic carboxylic acids is 2. The molecule has 5 rings (SSSR count). The molecule has 0 saturated heterocycles. The maximum atomic E-state index is 12.9. The third-order valence-corrected chi connectivity index (χ3v) is 14.3. The van der Waals surface area contributed by atoms with Crippen molar-refractivity contribution in [1.29, 1.82) is 0 Å². The summed E-state index contributed by atoms with van der Waals surface area (Å²) in [6.45, 7) is 18.5. The topological polar surface area (TPSA) is 101 Å². The van der Waals surface area contributed by atoms with Crippen LogP contribution in [-0.4, -0.2) is 34.2 Å². The molecule has 0 aromatic carbocycles. The van der Waals surface area contributed by atoms with Crippen LogP contribution in [0.15, 0.2) is 11.6 Å². The summed E-state index contributed by atoms with van der Waals surface area (Å²) in [5.41, 5.74) is 1.03. The van der Waals surface area contributed by atoms with Crippen molar-refractivity contribution in [2.24, 2.45) is 56.2 Å². The normalized spacial score (nSPS) is 44.2. The number of carboxylic acid groups (broad SMARTS) is 2. The number of hydrogen-bond donors (Lipinski definition) is 2. The fourth-order valence-corrected chi connectivity index (χ4v) is 11.7. The van der Waals surface area contributed by atoms with Crippen LogP contribution < -0.4 is 0 Å². The molecular weight excluding hydrogens is 528 g/mol. The van der Waals surface area contributed by atoms with Gasteiger partial charge in [-0.05, 0) is 110 Å². The van der Waals surface area contributed by atoms with Gasteiger partial charge in [0.25, 0.3) is 0 Å². The van der Waals surface area contributed by atoms with Crippen molar-refractivity contribution in [2.45, 2.75) is 139 Å². The Morgan fingerprint density at radius 1 is 0.881 bits per heavy atom. The van der Waals surface area contributed by atoms with Gasteiger partial charge in [0.1, 0.15) is 6.10 Å². The van der Waals surface area contributed by atoms with Gasteiger partial charge in [0.2, 0.25) is 0 Å². The lowest BCUT2D eigenvalue weighted by Gasteiger charge is -2.71. The highest BCUT2D eigenvalue weighted by Crippen LogP contribution is 2.75. The number of carbonyl (C=O) groups is 3. The van der Waals surface area contributed by atoms with E-state index in [1.165, 1.54) is 5.57 Å². The monoisotopic (exact) mass is 584 g/mol. The number of rotatable bonds is 6. The maximum absolute atomic E-state index is 12.9. The maximum Gasteiger partial charge on any atom is 0.310 e. The largest absolute Gasteiger partial charge is 0.481 e. The summed E-state index contributed by atoms with van der Waals surface area (Å²) in [5.74, 6) is -0.944. The van der Waals surface area contributed by atoms with Crippen molar-refractivity contribution in [2.75, 3.05) is 0 Å². The smallest absolute Gasteiger partial charge is 0.310 e. The zero-order valence-corrected chi connectivity index (χ0v) is 27.5. The van der Waals surface area contributed by atoms with E-state index in [0.29, 0.717) is 11.8 Å². The summed E-state index contributed by atoms with van der Waals surface area (Å²) in [5, 5.41) is 19.7. The number of hydrogen-bond acceptors (Lipinski definition) is 4. The Bertz CT molecular complexity index is 1170. The number of ether oxygens (including phenoxy) is 1. The van der Waals surface area contributed by atoms with E-state index in [2.05, 4.69) is 54.5 Å². The summed E-state index contributed by atoms with van der Waals surface area (Å²) in [4.78, 5) is 36.9. The minimum absolute atomic E-state index is 0.00529. The van der Waals surface area contributed by atoms with Crippen molar-refractivity contribution in [1.82, 2.24) is 0 Å². The van der Waals surface area contributed by atoms with Gasteiger partial charge in [-0.3, -0.25) is 14.4 Å². The Labute approximate surface area is 253 Å². The highest BCUT2D eigenvalue weighted by atomic mass is 16.5. The average Bonchev–Trinajstić information content (AvgIpc) is 2.85. The molecule has 0 aromatic heterocycles. The van der Waals surface area contributed by atoms with E-state index in [4.69, 9.17) is 9.84 Å². The Morgan fingerprint density at radius 2 is 1.55 bits per heavy atom. The van der Waals surface area contributed by atoms with Gasteiger partial charge in [0, 0.05) is 18.3 Å². The van der Waals surface area contributed by atoms with Crippen LogP contribution in [-0.2, 0) is 19.1 Å². The Balaban J connectivity index is 1.42. The Morgan fingerprint density at radius 3 is 2.19 bits per heavy atom. The van der Waals surface area contributed by atoms with E-state index in [1.807, 2.05) is 0 Å². The summed E-state index contributed by atoms with van der Waals surface area (Å²) >= 11 is 0. The third kappa shape index (κ3) is 4.59. The van der Waals surface area contributed by atoms with E-state index >= 15 is 0 Å². The SMILES string of the molecule is CC(CC(=O)O)CC(=O)O[C@H]1CC[C@@]2(C)C(CC[C@]3(C)C2CC=C2C4CC(C)(C)CC[C@]4(C(=O)O)CC[C@]23C)C1(C)C. The van der Waals surface area contributed by atoms with E-state index in [1.54, 1.807) is 6.92 Å². The minimum atomic E-state index is -0.883. The molecule has 4 fully saturated rings. The second kappa shape index (κ2) is 10.1. The van der Waals surface area contributed by atoms with E-state index in [9.17, 15) is 19.5 Å². The standard InChI is InChI=1S/C36H56O6/c1-22(19-28(37)38)20-29(39)42-27-12-13-33(6)25(32(27,4)5)11-14-35(8)26(33)10-9-23-24-21-31(2,3)15-17-36(24,30(40)41)18-16-34(23,35)7/h9,22,24-27H,10-21H2,1-8H3,(H,37,38)(H,40,41)/t22?,24?,25?,26?,27-,33-,34+,35+,36-/m0/s1. The van der Waals surface area contributed by atoms with Gasteiger partial charge in [0.15, 0.2) is 0 Å². The molecule has 0 bridgehead atoms. The van der Waals surface area contributed by atoms with Gasteiger partial charge in [-0.2, -0.15) is 0 Å². The first-order chi connectivity index (χ1) is 19.3. The number of esters is 1. The number of carboxylic acids is 2. The number of fused-ring (bicyclic) bond motifs is 7. The molecule has 0 aromatic rings. The first-order valence-corrected chi connectivity index (χ1v) is 16.7. The van der Waals surface area contributed by atoms with Gasteiger partial charge >= 0.3 is 17.9 Å². The molecule has 6 nitrogen and oxygen atoms in total. The van der Waals surface area contributed by atoms with Gasteiger partial charge in [-0.25, -0.2) is 0 Å². The van der Waals surface area contributed by atoms with Crippen LogP contribution in [0.25, 0.3) is 0 Å². The van der Waals surface area contributed by atoms with Crippen LogP contribution >= 0.6 is 0 Å². The second-order valence-electron chi connectivity index (χ2n) is 17.4. The summed E-state index contributed by atoms with van der Waals surface area (Å²) in [6, 6.07) is 0. The summed E-state index contributed by atoms with van der Waals surface area (Å²) < 4.78 is 6.13. The highest BCUT2D eigenvalue weighted by Gasteiger charge is 2.69. The van der Waals surface area contributed by atoms with Gasteiger partial charge < -0.3 is 14.9 Å². The van der Waals surface area contributed by atoms with Crippen LogP contribution in [0.5, 0.6) is 0 Å². The molecule has 4 unspecified atom stereocenters. The quantitative estimate of drug-likeness (QED) is 0.241. The lowest BCUT2D eigenvalue weighted by Crippen LogP contribution is -2.65. The molecule has 42 heavy (non-hydrogen) atoms. The van der Waals surface area contributed by atoms with Gasteiger partial charge in [0.05, 0.1) is 5.41 Å². The molecule has 0 radical (unpaired) electrons. The zero-order chi connectivity index (χ0) is 31.1. The highest BCUT2D eigenvalue weighted by molar-refractivity contribution is 5.76. The van der Waals surface area contributed by atoms with Crippen molar-refractivity contribution < 1.29 is 29.3 Å². The summed E-state index contributed by atoms with van der Waals surface area (Å²) in [7, 11) is 0. The Hall–Kier alpha value is -1.85. The van der Waals surface area contributed by atoms with Crippen molar-refractivity contribution in [3.8, 4) is 0 Å². The van der Waals surface area contributed by atoms with Crippen LogP contribution in [0, 0.1) is 56.2 Å². The van der Waals surface area contributed by atoms with Crippen LogP contribution in [0.3, 0.4) is 0 Å². The Kier molecular flexibility index (Phi) is 7.58. The predicted molar refractivity (Wildman–Crippen MR) is 163 cm³/mol. The molecule has 0 amide bonds. The minimum Gasteiger partial charge on any atom is -0.481 e. The molecule has 6 heteroatoms. The molecular formula is C36H56O6. The van der Waals surface area contributed by atoms with Crippen molar-refractivity contribution in [3.05, 3.63) is 11.6 Å². The average molecular weight is 585 g/mol. The molecule has 0 heterocycles. The molecule has 9 atom stereocenters. The molecule has 5 aliphatic rings. The van der Waals surface area contributed by atoms with Crippen molar-refractivity contribution >= 4 is 17.9 Å². The number of carbonyl (C=O) groups excluding carboxylic acids is 1. The van der Waals surface area contributed by atoms with Crippen LogP contribution in [0.2, 0.25) is 0 Å². The lowest BCUT2D eigenvalue weighted by molar-refractivity contribution is -0.214. The second-order valence-corrected chi connectivity index (χ2v) is 17.4. The predicted octanol–water partition coefficient (Wildman–Crippen LogP) is 8.29. The van der Waals surface area contributed by atoms with Crippen molar-refractivity contribution in [3.63, 3.8) is 0 Å². The molecule has 0 aliphatic heterocycles. The fourth-order valence-electron chi connectivity index (χ4n) is 11.7. The summed E-state index contributed by atoms with van der Waals surface area (Å²) in [6.07, 6.45) is 12.0. The molecule has 5 aliphatic carbocycles. The van der Waals surface area contributed by atoms with Crippen LogP contribution in [0.4, 0.5) is 0 Å².